The van der Waals surface area contributed by atoms with Gasteiger partial charge in [0, 0.05) is 0 Å². The molecule has 0 aromatic rings. The molecule has 0 saturated heterocycles. The van der Waals surface area contributed by atoms with Crippen LogP contribution in [0.25, 0.3) is 0 Å². The third kappa shape index (κ3) is 2.49. The molecule has 3 heteroatoms. The van der Waals surface area contributed by atoms with E-state index >= 15 is 0 Å². The molecule has 3 atom stereocenters. The fourth-order valence-electron chi connectivity index (χ4n) is 2.56. The van der Waals surface area contributed by atoms with Gasteiger partial charge >= 0.3 is 88.3 Å². The van der Waals surface area contributed by atoms with Gasteiger partial charge in [-0.05, 0) is 0 Å². The minimum atomic E-state index is -0.626. The van der Waals surface area contributed by atoms with Crippen LogP contribution in [-0.4, -0.2) is 27.9 Å². The molecule has 0 aromatic heterocycles. The van der Waals surface area contributed by atoms with Crippen molar-refractivity contribution in [2.75, 3.05) is 0 Å². The zero-order valence-corrected chi connectivity index (χ0v) is 10.8. The van der Waals surface area contributed by atoms with E-state index in [0.29, 0.717) is 18.3 Å². The summed E-state index contributed by atoms with van der Waals surface area (Å²) < 4.78 is 0. The Morgan fingerprint density at radius 2 is 1.92 bits per heavy atom. The maximum atomic E-state index is 10.7. The van der Waals surface area contributed by atoms with Crippen molar-refractivity contribution in [1.82, 2.24) is 0 Å². The van der Waals surface area contributed by atoms with E-state index in [1.807, 2.05) is 0 Å². The average molecular weight is 246 g/mol. The fourth-order valence-corrected chi connectivity index (χ4v) is 3.56. The van der Waals surface area contributed by atoms with Crippen LogP contribution in [0.1, 0.15) is 33.1 Å². The van der Waals surface area contributed by atoms with E-state index in [4.69, 9.17) is 5.11 Å². The summed E-state index contributed by atoms with van der Waals surface area (Å²) in [7, 11) is 0. The van der Waals surface area contributed by atoms with Gasteiger partial charge < -0.3 is 0 Å². The number of hydrogen-bond donors (Lipinski definition) is 1. The second-order valence-electron chi connectivity index (χ2n) is 4.64. The van der Waals surface area contributed by atoms with E-state index in [2.05, 4.69) is 13.8 Å². The minimum absolute atomic E-state index is 0.130. The Labute approximate surface area is 88.6 Å². The molecule has 13 heavy (non-hydrogen) atoms. The van der Waals surface area contributed by atoms with E-state index in [1.54, 1.807) is 16.9 Å². The summed E-state index contributed by atoms with van der Waals surface area (Å²) in [5.41, 5.74) is 0.130. The molecule has 0 radical (unpaired) electrons. The van der Waals surface area contributed by atoms with Gasteiger partial charge in [-0.2, -0.15) is 0 Å². The first-order valence-electron chi connectivity index (χ1n) is 4.91. The van der Waals surface area contributed by atoms with Crippen molar-refractivity contribution in [3.63, 3.8) is 0 Å². The van der Waals surface area contributed by atoms with E-state index in [1.165, 1.54) is 0 Å². The van der Waals surface area contributed by atoms with Gasteiger partial charge in [0.1, 0.15) is 0 Å². The molecule has 0 aromatic carbocycles. The maximum absolute atomic E-state index is 10.7. The van der Waals surface area contributed by atoms with Crippen molar-refractivity contribution < 1.29 is 9.90 Å². The summed E-state index contributed by atoms with van der Waals surface area (Å²) in [5, 5.41) is 9.92. The molecule has 1 N–H and O–H groups in total. The van der Waals surface area contributed by atoms with E-state index in [0.717, 1.165) is 18.1 Å². The predicted molar refractivity (Wildman–Crippen MR) is 55.6 cm³/mol. The van der Waals surface area contributed by atoms with Crippen LogP contribution >= 0.6 is 0 Å². The quantitative estimate of drug-likeness (QED) is 0.767. The van der Waals surface area contributed by atoms with Gasteiger partial charge in [0.05, 0.1) is 0 Å². The van der Waals surface area contributed by atoms with Crippen LogP contribution in [-0.2, 0) is 4.79 Å². The van der Waals surface area contributed by atoms with Crippen molar-refractivity contribution >= 4 is 22.8 Å². The molecule has 76 valence electrons. The van der Waals surface area contributed by atoms with E-state index < -0.39 is 5.97 Å². The third-order valence-electron chi connectivity index (χ3n) is 3.44. The molecule has 0 amide bonds. The fraction of sp³-hybridized carbons (Fsp3) is 0.900. The Balaban J connectivity index is 2.67. The molecular formula is C10H19AsO2. The number of aliphatic carboxylic acids is 1. The molecular weight excluding hydrogens is 227 g/mol. The first-order chi connectivity index (χ1) is 5.99. The predicted octanol–water partition coefficient (Wildman–Crippen LogP) is 1.56. The SMILES string of the molecule is CC1CC(C[AsH2])(CC(=O)O)CC1C. The van der Waals surface area contributed by atoms with Gasteiger partial charge in [0.2, 0.25) is 0 Å². The molecule has 1 fully saturated rings. The summed E-state index contributed by atoms with van der Waals surface area (Å²) in [4.78, 5) is 10.7. The topological polar surface area (TPSA) is 37.3 Å². The van der Waals surface area contributed by atoms with Gasteiger partial charge in [0.15, 0.2) is 0 Å². The van der Waals surface area contributed by atoms with Crippen LogP contribution in [0.3, 0.4) is 0 Å². The monoisotopic (exact) mass is 246 g/mol. The summed E-state index contributed by atoms with van der Waals surface area (Å²) in [5.74, 6) is 0.782. The molecule has 1 rings (SSSR count). The second kappa shape index (κ2) is 4.04. The van der Waals surface area contributed by atoms with Gasteiger partial charge in [-0.25, -0.2) is 0 Å². The molecule has 0 aliphatic heterocycles. The Morgan fingerprint density at radius 3 is 2.23 bits per heavy atom. The number of carboxylic acids is 1. The van der Waals surface area contributed by atoms with Crippen LogP contribution in [0.4, 0.5) is 0 Å². The number of hydrogen-bond acceptors (Lipinski definition) is 1. The summed E-state index contributed by atoms with van der Waals surface area (Å²) >= 11 is 1.67. The number of carbonyl (C=O) groups is 1. The first kappa shape index (κ1) is 11.1. The molecule has 1 aliphatic carbocycles. The molecule has 0 bridgehead atoms. The van der Waals surface area contributed by atoms with E-state index in [-0.39, 0.29) is 5.41 Å². The summed E-state index contributed by atoms with van der Waals surface area (Å²) in [6, 6.07) is 0. The molecule has 1 aliphatic rings. The Kier molecular flexibility index (Phi) is 3.45. The average Bonchev–Trinajstić information content (AvgIpc) is 2.27. The van der Waals surface area contributed by atoms with Crippen molar-refractivity contribution in [3.8, 4) is 0 Å². The van der Waals surface area contributed by atoms with Crippen molar-refractivity contribution in [2.45, 2.75) is 38.3 Å². The van der Waals surface area contributed by atoms with E-state index in [9.17, 15) is 4.79 Å². The third-order valence-corrected chi connectivity index (χ3v) is 5.26. The van der Waals surface area contributed by atoms with Crippen LogP contribution in [0.2, 0.25) is 5.21 Å². The van der Waals surface area contributed by atoms with Crippen LogP contribution in [0.5, 0.6) is 0 Å². The van der Waals surface area contributed by atoms with Crippen LogP contribution in [0.15, 0.2) is 0 Å². The summed E-state index contributed by atoms with van der Waals surface area (Å²) in [6.45, 7) is 4.49. The van der Waals surface area contributed by atoms with Crippen LogP contribution < -0.4 is 0 Å². The van der Waals surface area contributed by atoms with Gasteiger partial charge in [0.25, 0.3) is 0 Å². The standard InChI is InChI=1S/C10H19AsO2/c1-7-3-10(6-11,4-8(7)2)5-9(12)13/h7-8H,3-6,11H2,1-2H3,(H,12,13). The van der Waals surface area contributed by atoms with Crippen molar-refractivity contribution in [2.24, 2.45) is 17.3 Å². The Morgan fingerprint density at radius 1 is 1.46 bits per heavy atom. The molecule has 0 heterocycles. The first-order valence-corrected chi connectivity index (χ1v) is 6.62. The number of carboxylic acid groups (broad SMARTS) is 1. The van der Waals surface area contributed by atoms with Crippen molar-refractivity contribution in [1.29, 1.82) is 0 Å². The Bertz CT molecular complexity index is 193. The zero-order chi connectivity index (χ0) is 10.1. The normalized spacial score (nSPS) is 39.3. The summed E-state index contributed by atoms with van der Waals surface area (Å²) in [6.07, 6.45) is 2.59. The molecule has 3 unspecified atom stereocenters. The molecule has 0 spiro atoms. The number of rotatable bonds is 3. The van der Waals surface area contributed by atoms with Crippen LogP contribution in [0, 0.1) is 17.3 Å². The van der Waals surface area contributed by atoms with Crippen molar-refractivity contribution in [3.05, 3.63) is 0 Å². The Hall–Kier alpha value is 0.0284. The van der Waals surface area contributed by atoms with Gasteiger partial charge in [-0.3, -0.25) is 0 Å². The van der Waals surface area contributed by atoms with Gasteiger partial charge in [-0.1, -0.05) is 0 Å². The van der Waals surface area contributed by atoms with Gasteiger partial charge in [-0.15, -0.1) is 0 Å². The second-order valence-corrected chi connectivity index (χ2v) is 5.49. The zero-order valence-electron chi connectivity index (χ0n) is 8.42. The molecule has 2 nitrogen and oxygen atoms in total. The molecule has 1 saturated carbocycles.